The van der Waals surface area contributed by atoms with Crippen molar-refractivity contribution in [3.8, 4) is 0 Å². The first-order chi connectivity index (χ1) is 20.8. The van der Waals surface area contributed by atoms with Crippen LogP contribution >= 0.6 is 7.82 Å². The highest BCUT2D eigenvalue weighted by Crippen LogP contribution is 2.35. The van der Waals surface area contributed by atoms with Crippen LogP contribution in [-0.2, 0) is 28.2 Å². The maximum absolute atomic E-state index is 12.3. The number of rotatable bonds is 29. The van der Waals surface area contributed by atoms with Crippen LogP contribution in [0, 0.1) is 0 Å². The average molecular weight is 627 g/mol. The summed E-state index contributed by atoms with van der Waals surface area (Å²) < 4.78 is 26.1. The number of hydrogen-bond acceptors (Lipinski definition) is 6. The third-order valence-electron chi connectivity index (χ3n) is 6.71. The lowest BCUT2D eigenvalue weighted by Crippen LogP contribution is -2.29. The zero-order chi connectivity index (χ0) is 31.9. The van der Waals surface area contributed by atoms with Crippen LogP contribution in [-0.4, -0.2) is 41.0 Å². The summed E-state index contributed by atoms with van der Waals surface area (Å²) >= 11 is 0. The van der Waals surface area contributed by atoms with Crippen LogP contribution in [0.25, 0.3) is 0 Å². The number of allylic oxidation sites excluding steroid dienone is 8. The Labute approximate surface area is 261 Å². The van der Waals surface area contributed by atoms with Gasteiger partial charge in [0.15, 0.2) is 6.10 Å². The smallest absolute Gasteiger partial charge is 0.462 e. The molecule has 0 saturated heterocycles. The molecule has 0 aliphatic carbocycles. The van der Waals surface area contributed by atoms with E-state index in [0.29, 0.717) is 12.8 Å². The molecule has 248 valence electrons. The molecular formula is C34H59O8P. The van der Waals surface area contributed by atoms with E-state index in [0.717, 1.165) is 57.8 Å². The van der Waals surface area contributed by atoms with E-state index in [1.54, 1.807) is 0 Å². The summed E-state index contributed by atoms with van der Waals surface area (Å²) in [6.07, 6.45) is 34.1. The first kappa shape index (κ1) is 41.0. The molecular weight excluding hydrogens is 567 g/mol. The van der Waals surface area contributed by atoms with Crippen molar-refractivity contribution in [3.05, 3.63) is 48.6 Å². The Hall–Kier alpha value is -1.99. The third-order valence-corrected chi connectivity index (χ3v) is 7.19. The molecule has 0 aromatic heterocycles. The molecule has 0 rings (SSSR count). The quantitative estimate of drug-likeness (QED) is 0.0365. The molecule has 0 radical (unpaired) electrons. The Morgan fingerprint density at radius 1 is 0.628 bits per heavy atom. The van der Waals surface area contributed by atoms with Gasteiger partial charge in [0.25, 0.3) is 0 Å². The summed E-state index contributed by atoms with van der Waals surface area (Å²) in [7, 11) is -4.75. The van der Waals surface area contributed by atoms with Crippen LogP contribution < -0.4 is 0 Å². The van der Waals surface area contributed by atoms with Gasteiger partial charge >= 0.3 is 19.8 Å². The number of hydrogen-bond donors (Lipinski definition) is 2. The van der Waals surface area contributed by atoms with E-state index in [2.05, 4.69) is 36.6 Å². The summed E-state index contributed by atoms with van der Waals surface area (Å²) in [5.41, 5.74) is 0. The van der Waals surface area contributed by atoms with Gasteiger partial charge in [-0.05, 0) is 32.1 Å². The second-order valence-electron chi connectivity index (χ2n) is 10.9. The molecule has 0 fully saturated rings. The molecule has 0 aliphatic rings. The Kier molecular flexibility index (Phi) is 28.7. The van der Waals surface area contributed by atoms with Gasteiger partial charge in [0.2, 0.25) is 0 Å². The zero-order valence-electron chi connectivity index (χ0n) is 26.8. The van der Waals surface area contributed by atoms with Crippen molar-refractivity contribution in [2.75, 3.05) is 13.2 Å². The average Bonchev–Trinajstić information content (AvgIpc) is 2.97. The topological polar surface area (TPSA) is 119 Å². The number of carbonyl (C=O) groups is 2. The lowest BCUT2D eigenvalue weighted by molar-refractivity contribution is -0.161. The molecule has 0 aromatic rings. The van der Waals surface area contributed by atoms with E-state index in [4.69, 9.17) is 19.3 Å². The minimum absolute atomic E-state index is 0.206. The van der Waals surface area contributed by atoms with Gasteiger partial charge in [-0.2, -0.15) is 0 Å². The highest BCUT2D eigenvalue weighted by Gasteiger charge is 2.22. The fourth-order valence-corrected chi connectivity index (χ4v) is 4.62. The lowest BCUT2D eigenvalue weighted by atomic mass is 10.1. The molecule has 8 nitrogen and oxygen atoms in total. The first-order valence-corrected chi connectivity index (χ1v) is 18.0. The highest BCUT2D eigenvalue weighted by molar-refractivity contribution is 7.46. The number of carbonyl (C=O) groups excluding carboxylic acids is 2. The van der Waals surface area contributed by atoms with Crippen molar-refractivity contribution < 1.29 is 37.9 Å². The van der Waals surface area contributed by atoms with Gasteiger partial charge in [-0.3, -0.25) is 14.1 Å². The predicted octanol–water partition coefficient (Wildman–Crippen LogP) is 9.23. The van der Waals surface area contributed by atoms with Gasteiger partial charge in [-0.25, -0.2) is 4.57 Å². The molecule has 0 aliphatic heterocycles. The predicted molar refractivity (Wildman–Crippen MR) is 174 cm³/mol. The molecule has 0 spiro atoms. The Balaban J connectivity index is 4.07. The van der Waals surface area contributed by atoms with E-state index in [9.17, 15) is 14.2 Å². The van der Waals surface area contributed by atoms with Gasteiger partial charge < -0.3 is 19.3 Å². The molecule has 0 amide bonds. The first-order valence-electron chi connectivity index (χ1n) is 16.5. The molecule has 9 heteroatoms. The van der Waals surface area contributed by atoms with Crippen molar-refractivity contribution in [2.24, 2.45) is 0 Å². The summed E-state index contributed by atoms with van der Waals surface area (Å²) in [6.45, 7) is 3.48. The third kappa shape index (κ3) is 32.8. The molecule has 1 atom stereocenters. The standard InChI is InChI=1S/C34H59O8P/c1-3-5-7-9-11-13-15-16-17-18-19-21-22-24-26-28-33(35)40-30-32(31-41-43(37,38)39)42-34(36)29-27-25-23-20-14-12-10-8-6-4-2/h5,7,9,11,13,15-17,32H,3-4,6,8,10,12,14,18-31H2,1-2H3,(H2,37,38,39)/b7-5+,11-9+,15-13+,17-16+/t32-/m1/s1. The fraction of sp³-hybridized carbons (Fsp3) is 0.706. The van der Waals surface area contributed by atoms with Crippen molar-refractivity contribution in [1.82, 2.24) is 0 Å². The van der Waals surface area contributed by atoms with Gasteiger partial charge in [0, 0.05) is 12.8 Å². The van der Waals surface area contributed by atoms with Crippen molar-refractivity contribution in [1.29, 1.82) is 0 Å². The van der Waals surface area contributed by atoms with E-state index < -0.39 is 32.5 Å². The lowest BCUT2D eigenvalue weighted by Gasteiger charge is -2.18. The normalized spacial score (nSPS) is 13.1. The van der Waals surface area contributed by atoms with Crippen LogP contribution in [0.15, 0.2) is 48.6 Å². The number of phosphoric ester groups is 1. The Morgan fingerprint density at radius 2 is 1.12 bits per heavy atom. The number of unbranched alkanes of at least 4 members (excludes halogenated alkanes) is 14. The Morgan fingerprint density at radius 3 is 1.67 bits per heavy atom. The molecule has 0 bridgehead atoms. The molecule has 0 unspecified atom stereocenters. The highest BCUT2D eigenvalue weighted by atomic mass is 31.2. The minimum Gasteiger partial charge on any atom is -0.462 e. The molecule has 2 N–H and O–H groups in total. The number of phosphoric acid groups is 1. The SMILES string of the molecule is CC/C=C/C=C/C=C/C=C/CCCCCCCC(=O)OC[C@H](COP(=O)(O)O)OC(=O)CCCCCCCCCCCC. The molecule has 0 aromatic carbocycles. The summed E-state index contributed by atoms with van der Waals surface area (Å²) in [6, 6.07) is 0. The summed E-state index contributed by atoms with van der Waals surface area (Å²) in [5, 5.41) is 0. The maximum atomic E-state index is 12.3. The van der Waals surface area contributed by atoms with Crippen LogP contribution in [0.5, 0.6) is 0 Å². The van der Waals surface area contributed by atoms with E-state index in [1.807, 2.05) is 30.4 Å². The fourth-order valence-electron chi connectivity index (χ4n) is 4.26. The zero-order valence-corrected chi connectivity index (χ0v) is 27.7. The van der Waals surface area contributed by atoms with Gasteiger partial charge in [0.05, 0.1) is 6.61 Å². The van der Waals surface area contributed by atoms with E-state index in [1.165, 1.54) is 38.5 Å². The van der Waals surface area contributed by atoms with Crippen LogP contribution in [0.4, 0.5) is 0 Å². The van der Waals surface area contributed by atoms with Crippen LogP contribution in [0.2, 0.25) is 0 Å². The summed E-state index contributed by atoms with van der Waals surface area (Å²) in [5.74, 6) is -0.918. The minimum atomic E-state index is -4.75. The monoisotopic (exact) mass is 626 g/mol. The van der Waals surface area contributed by atoms with Crippen molar-refractivity contribution in [2.45, 2.75) is 142 Å². The van der Waals surface area contributed by atoms with Gasteiger partial charge in [-0.15, -0.1) is 0 Å². The second kappa shape index (κ2) is 30.1. The number of esters is 2. The second-order valence-corrected chi connectivity index (χ2v) is 12.1. The summed E-state index contributed by atoms with van der Waals surface area (Å²) in [4.78, 5) is 42.4. The Bertz CT molecular complexity index is 843. The van der Waals surface area contributed by atoms with Crippen LogP contribution in [0.3, 0.4) is 0 Å². The van der Waals surface area contributed by atoms with E-state index in [-0.39, 0.29) is 19.4 Å². The maximum Gasteiger partial charge on any atom is 0.469 e. The van der Waals surface area contributed by atoms with Gasteiger partial charge in [0.1, 0.15) is 6.61 Å². The number of ether oxygens (including phenoxy) is 2. The molecule has 0 heterocycles. The largest absolute Gasteiger partial charge is 0.469 e. The van der Waals surface area contributed by atoms with E-state index >= 15 is 0 Å². The van der Waals surface area contributed by atoms with Gasteiger partial charge in [-0.1, -0.05) is 140 Å². The molecule has 43 heavy (non-hydrogen) atoms. The van der Waals surface area contributed by atoms with Crippen molar-refractivity contribution in [3.63, 3.8) is 0 Å². The van der Waals surface area contributed by atoms with Crippen LogP contribution in [0.1, 0.15) is 136 Å². The molecule has 0 saturated carbocycles. The van der Waals surface area contributed by atoms with Crippen molar-refractivity contribution >= 4 is 19.8 Å².